The minimum Gasteiger partial charge on any atom is -0.420 e. The summed E-state index contributed by atoms with van der Waals surface area (Å²) < 4.78 is 69.3. The Morgan fingerprint density at radius 3 is 1.86 bits per heavy atom. The Bertz CT molecular complexity index is 531. The van der Waals surface area contributed by atoms with Crippen molar-refractivity contribution in [2.24, 2.45) is 0 Å². The molecule has 1 aromatic carbocycles. The fourth-order valence-corrected chi connectivity index (χ4v) is 1.69. The smallest absolute Gasteiger partial charge is 0.311 e. The van der Waals surface area contributed by atoms with Crippen molar-refractivity contribution in [1.29, 1.82) is 0 Å². The molecule has 0 aliphatic carbocycles. The molecule has 3 nitrogen and oxygen atoms in total. The van der Waals surface area contributed by atoms with Gasteiger partial charge >= 0.3 is 5.97 Å². The molecule has 0 spiro atoms. The maximum absolute atomic E-state index is 13.3. The van der Waals surface area contributed by atoms with Crippen LogP contribution in [-0.4, -0.2) is 12.3 Å². The third-order valence-corrected chi connectivity index (χ3v) is 2.84. The van der Waals surface area contributed by atoms with E-state index in [-0.39, 0.29) is 6.42 Å². The fraction of sp³-hybridized carbons (Fsp3) is 0.429. The van der Waals surface area contributed by atoms with E-state index in [4.69, 9.17) is 0 Å². The topological polar surface area (TPSA) is 43.4 Å². The summed E-state index contributed by atoms with van der Waals surface area (Å²) in [6, 6.07) is 0. The van der Waals surface area contributed by atoms with Crippen LogP contribution in [0.2, 0.25) is 0 Å². The molecule has 0 saturated carbocycles. The number of esters is 1. The number of rotatable bonds is 8. The van der Waals surface area contributed by atoms with E-state index in [2.05, 4.69) is 4.74 Å². The zero-order chi connectivity index (χ0) is 16.7. The second kappa shape index (κ2) is 8.45. The maximum Gasteiger partial charge on any atom is 0.311 e. The quantitative estimate of drug-likeness (QED) is 0.139. The van der Waals surface area contributed by atoms with E-state index in [0.29, 0.717) is 32.1 Å². The summed E-state index contributed by atoms with van der Waals surface area (Å²) in [4.78, 5) is 21.4. The molecule has 0 aliphatic rings. The first-order valence-electron chi connectivity index (χ1n) is 6.55. The Morgan fingerprint density at radius 1 is 0.818 bits per heavy atom. The van der Waals surface area contributed by atoms with Crippen LogP contribution in [0.5, 0.6) is 5.75 Å². The van der Waals surface area contributed by atoms with Gasteiger partial charge in [-0.1, -0.05) is 12.8 Å². The molecule has 0 N–H and O–H groups in total. The zero-order valence-corrected chi connectivity index (χ0v) is 11.4. The van der Waals surface area contributed by atoms with Crippen LogP contribution in [0.3, 0.4) is 0 Å². The predicted octanol–water partition coefficient (Wildman–Crippen LogP) is 3.83. The average Bonchev–Trinajstić information content (AvgIpc) is 2.51. The predicted molar refractivity (Wildman–Crippen MR) is 65.6 cm³/mol. The van der Waals surface area contributed by atoms with Crippen LogP contribution < -0.4 is 4.74 Å². The molecule has 0 heterocycles. The number of hydrogen-bond acceptors (Lipinski definition) is 3. The van der Waals surface area contributed by atoms with Gasteiger partial charge in [0.05, 0.1) is 0 Å². The minimum atomic E-state index is -2.31. The van der Waals surface area contributed by atoms with Gasteiger partial charge in [-0.15, -0.1) is 0 Å². The number of aldehydes is 1. The molecule has 0 aromatic heterocycles. The molecule has 122 valence electrons. The Hall–Kier alpha value is -1.99. The third-order valence-electron chi connectivity index (χ3n) is 2.84. The van der Waals surface area contributed by atoms with Crippen LogP contribution >= 0.6 is 0 Å². The Kier molecular flexibility index (Phi) is 6.94. The van der Waals surface area contributed by atoms with E-state index >= 15 is 0 Å². The highest BCUT2D eigenvalue weighted by Gasteiger charge is 2.28. The van der Waals surface area contributed by atoms with Crippen LogP contribution in [0.4, 0.5) is 22.0 Å². The Labute approximate surface area is 123 Å². The van der Waals surface area contributed by atoms with Crippen molar-refractivity contribution >= 4 is 12.3 Å². The van der Waals surface area contributed by atoms with Gasteiger partial charge in [-0.25, -0.2) is 13.2 Å². The highest BCUT2D eigenvalue weighted by molar-refractivity contribution is 5.72. The number of hydrogen-bond donors (Lipinski definition) is 0. The van der Waals surface area contributed by atoms with E-state index < -0.39 is 40.8 Å². The molecule has 0 saturated heterocycles. The lowest BCUT2D eigenvalue weighted by atomic mass is 10.1. The van der Waals surface area contributed by atoms with Crippen molar-refractivity contribution in [3.63, 3.8) is 0 Å². The van der Waals surface area contributed by atoms with Crippen molar-refractivity contribution < 1.29 is 36.3 Å². The molecule has 0 aliphatic heterocycles. The largest absolute Gasteiger partial charge is 0.420 e. The van der Waals surface area contributed by atoms with Crippen molar-refractivity contribution in [1.82, 2.24) is 0 Å². The van der Waals surface area contributed by atoms with Crippen molar-refractivity contribution in [3.8, 4) is 5.75 Å². The first-order valence-corrected chi connectivity index (χ1v) is 6.55. The summed E-state index contributed by atoms with van der Waals surface area (Å²) in [5.74, 6) is -13.7. The van der Waals surface area contributed by atoms with Crippen molar-refractivity contribution in [2.75, 3.05) is 0 Å². The molecule has 8 heteroatoms. The number of ether oxygens (including phenoxy) is 1. The average molecular weight is 324 g/mol. The molecule has 22 heavy (non-hydrogen) atoms. The molecule has 0 amide bonds. The summed E-state index contributed by atoms with van der Waals surface area (Å²) in [7, 11) is 0. The van der Waals surface area contributed by atoms with Gasteiger partial charge in [0.15, 0.2) is 0 Å². The number of halogens is 5. The lowest BCUT2D eigenvalue weighted by Crippen LogP contribution is -2.13. The minimum absolute atomic E-state index is 0.236. The fourth-order valence-electron chi connectivity index (χ4n) is 1.69. The number of carbonyl (C=O) groups is 2. The third kappa shape index (κ3) is 4.51. The molecular formula is C14H13F5O3. The van der Waals surface area contributed by atoms with Gasteiger partial charge in [-0.2, -0.15) is 8.78 Å². The SMILES string of the molecule is O=CCCCCCCC(=O)Oc1c(F)c(F)c(F)c(F)c1F. The lowest BCUT2D eigenvalue weighted by Gasteiger charge is -2.08. The molecular weight excluding hydrogens is 311 g/mol. The van der Waals surface area contributed by atoms with E-state index in [1.165, 1.54) is 0 Å². The first-order chi connectivity index (χ1) is 10.4. The van der Waals surface area contributed by atoms with Crippen LogP contribution in [-0.2, 0) is 9.59 Å². The molecule has 0 radical (unpaired) electrons. The summed E-state index contributed by atoms with van der Waals surface area (Å²) in [6.07, 6.45) is 3.13. The molecule has 0 fully saturated rings. The summed E-state index contributed by atoms with van der Waals surface area (Å²) in [5, 5.41) is 0. The van der Waals surface area contributed by atoms with Gasteiger partial charge in [0.2, 0.25) is 34.8 Å². The summed E-state index contributed by atoms with van der Waals surface area (Å²) in [6.45, 7) is 0. The van der Waals surface area contributed by atoms with E-state index in [1.807, 2.05) is 0 Å². The van der Waals surface area contributed by atoms with Crippen LogP contribution in [0.1, 0.15) is 38.5 Å². The van der Waals surface area contributed by atoms with Crippen LogP contribution in [0, 0.1) is 29.1 Å². The highest BCUT2D eigenvalue weighted by atomic mass is 19.2. The Morgan fingerprint density at radius 2 is 1.32 bits per heavy atom. The molecule has 0 bridgehead atoms. The Balaban J connectivity index is 2.60. The lowest BCUT2D eigenvalue weighted by molar-refractivity contribution is -0.135. The molecule has 1 aromatic rings. The molecule has 1 rings (SSSR count). The van der Waals surface area contributed by atoms with Crippen LogP contribution in [0.15, 0.2) is 0 Å². The van der Waals surface area contributed by atoms with Gasteiger partial charge in [0.1, 0.15) is 6.29 Å². The van der Waals surface area contributed by atoms with Gasteiger partial charge in [-0.05, 0) is 12.8 Å². The number of benzene rings is 1. The first kappa shape index (κ1) is 18.1. The van der Waals surface area contributed by atoms with Crippen molar-refractivity contribution in [3.05, 3.63) is 29.1 Å². The normalized spacial score (nSPS) is 10.6. The second-order valence-corrected chi connectivity index (χ2v) is 4.49. The second-order valence-electron chi connectivity index (χ2n) is 4.49. The number of unbranched alkanes of at least 4 members (excludes halogenated alkanes) is 4. The van der Waals surface area contributed by atoms with Gasteiger partial charge in [0.25, 0.3) is 0 Å². The zero-order valence-electron chi connectivity index (χ0n) is 11.4. The molecule has 0 atom stereocenters. The van der Waals surface area contributed by atoms with E-state index in [1.54, 1.807) is 0 Å². The molecule has 0 unspecified atom stereocenters. The number of carbonyl (C=O) groups excluding carboxylic acids is 2. The maximum atomic E-state index is 13.3. The van der Waals surface area contributed by atoms with Gasteiger partial charge in [0, 0.05) is 12.8 Å². The van der Waals surface area contributed by atoms with Gasteiger partial charge < -0.3 is 9.53 Å². The summed E-state index contributed by atoms with van der Waals surface area (Å²) in [5.41, 5.74) is 0. The standard InChI is InChI=1S/C14H13F5O3/c15-9-10(16)12(18)14(13(19)11(9)17)22-8(21)6-4-2-1-3-5-7-20/h7H,1-6H2. The highest BCUT2D eigenvalue weighted by Crippen LogP contribution is 2.29. The van der Waals surface area contributed by atoms with E-state index in [9.17, 15) is 31.5 Å². The monoisotopic (exact) mass is 324 g/mol. The van der Waals surface area contributed by atoms with E-state index in [0.717, 1.165) is 6.29 Å². The van der Waals surface area contributed by atoms with Gasteiger partial charge in [-0.3, -0.25) is 4.79 Å². The van der Waals surface area contributed by atoms with Crippen LogP contribution in [0.25, 0.3) is 0 Å². The van der Waals surface area contributed by atoms with Crippen molar-refractivity contribution in [2.45, 2.75) is 38.5 Å². The summed E-state index contributed by atoms with van der Waals surface area (Å²) >= 11 is 0.